The predicted octanol–water partition coefficient (Wildman–Crippen LogP) is 2.09. The summed E-state index contributed by atoms with van der Waals surface area (Å²) in [6.07, 6.45) is 2.77. The fourth-order valence-corrected chi connectivity index (χ4v) is 6.81. The molecule has 6 unspecified atom stereocenters. The molecule has 6 atom stereocenters. The normalized spacial score (nSPS) is 31.8. The molecule has 1 saturated carbocycles. The van der Waals surface area contributed by atoms with E-state index in [0.717, 1.165) is 5.57 Å². The number of methoxy groups -OCH3 is 2. The number of phenols is 1. The maximum absolute atomic E-state index is 13.5. The van der Waals surface area contributed by atoms with Crippen LogP contribution in [0.1, 0.15) is 38.2 Å². The van der Waals surface area contributed by atoms with Gasteiger partial charge in [-0.2, -0.15) is 0 Å². The number of hydrogen-bond acceptors (Lipinski definition) is 7. The summed E-state index contributed by atoms with van der Waals surface area (Å²) in [6, 6.07) is 3.34. The molecule has 2 heterocycles. The molecule has 5 rings (SSSR count). The molecule has 4 amide bonds. The number of ether oxygens (including phenoxy) is 2. The van der Waals surface area contributed by atoms with Crippen LogP contribution in [0.2, 0.25) is 0 Å². The van der Waals surface area contributed by atoms with Crippen molar-refractivity contribution in [3.05, 3.63) is 29.3 Å². The lowest BCUT2D eigenvalue weighted by atomic mass is 9.57. The third kappa shape index (κ3) is 3.13. The van der Waals surface area contributed by atoms with E-state index in [4.69, 9.17) is 9.47 Å². The van der Waals surface area contributed by atoms with Gasteiger partial charge in [0, 0.05) is 19.0 Å². The molecule has 3 fully saturated rings. The average Bonchev–Trinajstić information content (AvgIpc) is 3.26. The van der Waals surface area contributed by atoms with Gasteiger partial charge >= 0.3 is 0 Å². The van der Waals surface area contributed by atoms with Crippen molar-refractivity contribution < 1.29 is 33.8 Å². The van der Waals surface area contributed by atoms with E-state index in [1.165, 1.54) is 24.0 Å². The van der Waals surface area contributed by atoms with Crippen molar-refractivity contribution in [2.24, 2.45) is 29.6 Å². The van der Waals surface area contributed by atoms with Gasteiger partial charge < -0.3 is 14.6 Å². The molecule has 1 aromatic carbocycles. The van der Waals surface area contributed by atoms with Gasteiger partial charge in [0.2, 0.25) is 29.4 Å². The monoisotopic (exact) mass is 482 g/mol. The van der Waals surface area contributed by atoms with Crippen LogP contribution in [-0.2, 0) is 19.2 Å². The lowest BCUT2D eigenvalue weighted by Gasteiger charge is -2.44. The van der Waals surface area contributed by atoms with Crippen molar-refractivity contribution in [1.82, 2.24) is 9.80 Å². The Labute approximate surface area is 203 Å². The van der Waals surface area contributed by atoms with Gasteiger partial charge in [0.05, 0.1) is 37.9 Å². The molecule has 4 aliphatic rings. The predicted molar refractivity (Wildman–Crippen MR) is 124 cm³/mol. The Morgan fingerprint density at radius 3 is 1.91 bits per heavy atom. The smallest absolute Gasteiger partial charge is 0.234 e. The highest BCUT2D eigenvalue weighted by Crippen LogP contribution is 2.58. The number of fused-ring (bicyclic) bond motifs is 4. The van der Waals surface area contributed by atoms with E-state index < -0.39 is 29.6 Å². The summed E-state index contributed by atoms with van der Waals surface area (Å²) in [4.78, 5) is 55.7. The Morgan fingerprint density at radius 1 is 0.829 bits per heavy atom. The van der Waals surface area contributed by atoms with Crippen LogP contribution >= 0.6 is 0 Å². The van der Waals surface area contributed by atoms with Crippen LogP contribution in [0.3, 0.4) is 0 Å². The highest BCUT2D eigenvalue weighted by molar-refractivity contribution is 6.07. The molecule has 2 aliphatic heterocycles. The van der Waals surface area contributed by atoms with Gasteiger partial charge in [-0.3, -0.25) is 29.0 Å². The fraction of sp³-hybridized carbons (Fsp3) is 0.538. The van der Waals surface area contributed by atoms with Crippen molar-refractivity contribution in [3.8, 4) is 17.2 Å². The second-order valence-corrected chi connectivity index (χ2v) is 9.64. The molecule has 9 nitrogen and oxygen atoms in total. The van der Waals surface area contributed by atoms with E-state index in [-0.39, 0.29) is 53.3 Å². The average molecular weight is 483 g/mol. The first-order valence-corrected chi connectivity index (χ1v) is 12.1. The van der Waals surface area contributed by atoms with Gasteiger partial charge in [0.25, 0.3) is 0 Å². The van der Waals surface area contributed by atoms with Gasteiger partial charge in [-0.1, -0.05) is 11.6 Å². The lowest BCUT2D eigenvalue weighted by molar-refractivity contribution is -0.141. The van der Waals surface area contributed by atoms with Crippen LogP contribution in [0.4, 0.5) is 0 Å². The molecule has 1 N–H and O–H groups in total. The van der Waals surface area contributed by atoms with Crippen molar-refractivity contribution in [1.29, 1.82) is 0 Å². The van der Waals surface area contributed by atoms with E-state index in [9.17, 15) is 24.3 Å². The van der Waals surface area contributed by atoms with E-state index >= 15 is 0 Å². The van der Waals surface area contributed by atoms with Crippen LogP contribution in [0, 0.1) is 29.6 Å². The number of carbonyl (C=O) groups excluding carboxylic acids is 4. The Bertz CT molecular complexity index is 1130. The number of rotatable bonds is 5. The van der Waals surface area contributed by atoms with Crippen LogP contribution in [0.5, 0.6) is 17.2 Å². The Balaban J connectivity index is 1.68. The third-order valence-electron chi connectivity index (χ3n) is 8.32. The van der Waals surface area contributed by atoms with Crippen LogP contribution in [0.15, 0.2) is 23.8 Å². The summed E-state index contributed by atoms with van der Waals surface area (Å²) in [5, 5.41) is 10.5. The molecule has 0 bridgehead atoms. The molecule has 186 valence electrons. The first kappa shape index (κ1) is 23.4. The number of phenolic OH excluding ortho intramolecular Hbond substituents is 1. The molecule has 0 radical (unpaired) electrons. The van der Waals surface area contributed by atoms with Gasteiger partial charge in [0.1, 0.15) is 0 Å². The zero-order valence-electron chi connectivity index (χ0n) is 20.3. The summed E-state index contributed by atoms with van der Waals surface area (Å²) in [7, 11) is 2.86. The minimum absolute atomic E-state index is 0.153. The molecule has 0 aromatic heterocycles. The maximum atomic E-state index is 13.5. The molecule has 1 aromatic rings. The number of hydrogen-bond donors (Lipinski definition) is 1. The number of allylic oxidation sites excluding steroid dienone is 2. The van der Waals surface area contributed by atoms with Crippen LogP contribution in [-0.4, -0.2) is 65.8 Å². The molecule has 9 heteroatoms. The minimum atomic E-state index is -0.630. The minimum Gasteiger partial charge on any atom is -0.502 e. The maximum Gasteiger partial charge on any atom is 0.234 e. The molecular weight excluding hydrogens is 452 g/mol. The summed E-state index contributed by atoms with van der Waals surface area (Å²) in [6.45, 7) is 4.15. The van der Waals surface area contributed by atoms with E-state index in [0.29, 0.717) is 24.9 Å². The Morgan fingerprint density at radius 2 is 1.37 bits per heavy atom. The third-order valence-corrected chi connectivity index (χ3v) is 8.32. The number of amides is 4. The fourth-order valence-electron chi connectivity index (χ4n) is 6.81. The quantitative estimate of drug-likeness (QED) is 0.505. The summed E-state index contributed by atoms with van der Waals surface area (Å²) >= 11 is 0. The van der Waals surface area contributed by atoms with E-state index in [1.54, 1.807) is 26.0 Å². The van der Waals surface area contributed by atoms with E-state index in [2.05, 4.69) is 0 Å². The number of nitrogens with zero attached hydrogens (tertiary/aromatic N) is 2. The van der Waals surface area contributed by atoms with Crippen molar-refractivity contribution in [3.63, 3.8) is 0 Å². The second kappa shape index (κ2) is 8.39. The van der Waals surface area contributed by atoms with Crippen LogP contribution in [0.25, 0.3) is 0 Å². The number of benzene rings is 1. The van der Waals surface area contributed by atoms with Crippen molar-refractivity contribution in [2.45, 2.75) is 32.6 Å². The Hall–Kier alpha value is -3.36. The molecule has 0 spiro atoms. The Kier molecular flexibility index (Phi) is 5.61. The summed E-state index contributed by atoms with van der Waals surface area (Å²) in [5.74, 6) is -3.60. The first-order chi connectivity index (χ1) is 16.8. The first-order valence-electron chi connectivity index (χ1n) is 12.1. The van der Waals surface area contributed by atoms with Crippen molar-refractivity contribution in [2.75, 3.05) is 27.3 Å². The van der Waals surface area contributed by atoms with Gasteiger partial charge in [-0.05, 0) is 50.3 Å². The summed E-state index contributed by atoms with van der Waals surface area (Å²) in [5.41, 5.74) is 1.57. The van der Waals surface area contributed by atoms with Crippen molar-refractivity contribution >= 4 is 23.6 Å². The highest BCUT2D eigenvalue weighted by Gasteiger charge is 2.61. The number of carbonyl (C=O) groups is 4. The largest absolute Gasteiger partial charge is 0.502 e. The molecular formula is C26H30N2O7. The zero-order chi connectivity index (χ0) is 25.2. The SMILES string of the molecule is CCN1C(=O)C2CC=C3C(CC4C(=O)N(CC)C(=O)C4C3c3cc(OC)c(O)c(OC)c3)C2C1=O. The number of aromatic hydroxyl groups is 1. The summed E-state index contributed by atoms with van der Waals surface area (Å²) < 4.78 is 10.7. The second-order valence-electron chi connectivity index (χ2n) is 9.64. The zero-order valence-corrected chi connectivity index (χ0v) is 20.3. The molecule has 35 heavy (non-hydrogen) atoms. The van der Waals surface area contributed by atoms with Gasteiger partial charge in [-0.15, -0.1) is 0 Å². The number of likely N-dealkylation sites (tertiary alicyclic amines) is 2. The molecule has 2 aliphatic carbocycles. The van der Waals surface area contributed by atoms with Gasteiger partial charge in [0.15, 0.2) is 11.5 Å². The lowest BCUT2D eigenvalue weighted by Crippen LogP contribution is -2.43. The standard InChI is InChI=1S/C26H30N2O7/c1-5-27-23(30)14-8-7-13-15(20(14)25(27)32)11-16-21(26(33)28(6-2)24(16)31)19(13)12-9-17(34-3)22(29)18(10-12)35-4/h7,9-10,14-16,19-21,29H,5-6,8,11H2,1-4H3. The van der Waals surface area contributed by atoms with Crippen LogP contribution < -0.4 is 9.47 Å². The topological polar surface area (TPSA) is 113 Å². The molecule has 2 saturated heterocycles. The number of imide groups is 2. The van der Waals surface area contributed by atoms with Gasteiger partial charge in [-0.25, -0.2) is 0 Å². The van der Waals surface area contributed by atoms with E-state index in [1.807, 2.05) is 6.08 Å². The highest BCUT2D eigenvalue weighted by atomic mass is 16.5.